The molecule has 13 nitrogen and oxygen atoms in total. The van der Waals surface area contributed by atoms with Crippen molar-refractivity contribution >= 4 is 62.7 Å². The minimum Gasteiger partial charge on any atom is -0.508 e. The van der Waals surface area contributed by atoms with E-state index in [1.165, 1.54) is 37.0 Å². The lowest BCUT2D eigenvalue weighted by Gasteiger charge is -2.16. The van der Waals surface area contributed by atoms with E-state index in [4.69, 9.17) is 55.9 Å². The van der Waals surface area contributed by atoms with Crippen LogP contribution in [0.15, 0.2) is 60.7 Å². The number of aromatic hydroxyl groups is 1. The number of halogens is 1. The van der Waals surface area contributed by atoms with Crippen LogP contribution in [0.3, 0.4) is 0 Å². The van der Waals surface area contributed by atoms with E-state index in [1.807, 2.05) is 42.5 Å². The molecule has 0 amide bonds. The number of likely N-dealkylation sites (tertiary alicyclic amines) is 2. The number of hydrogen-bond acceptors (Lipinski definition) is 10. The molecule has 2 aliphatic heterocycles. The fourth-order valence-corrected chi connectivity index (χ4v) is 7.14. The van der Waals surface area contributed by atoms with Gasteiger partial charge < -0.3 is 30.3 Å². The molecule has 6 rings (SSSR count). The average Bonchev–Trinajstić information content (AvgIpc) is 3.88. The number of carboxylic acid groups (broad SMARTS) is 4. The maximum absolute atomic E-state index is 14.0. The lowest BCUT2D eigenvalue weighted by atomic mass is 9.97. The van der Waals surface area contributed by atoms with Gasteiger partial charge in [-0.05, 0) is 112 Å². The number of phenols is 1. The molecular weight excluding hydrogens is 704 g/mol. The van der Waals surface area contributed by atoms with Crippen molar-refractivity contribution in [2.75, 3.05) is 39.3 Å². The molecule has 4 aromatic rings. The zero-order valence-electron chi connectivity index (χ0n) is 27.4. The predicted molar refractivity (Wildman–Crippen MR) is 190 cm³/mol. The van der Waals surface area contributed by atoms with Crippen molar-refractivity contribution in [2.24, 2.45) is 0 Å². The summed E-state index contributed by atoms with van der Waals surface area (Å²) in [7, 11) is 0. The summed E-state index contributed by atoms with van der Waals surface area (Å²) in [5, 5.41) is 41.1. The number of fused-ring (bicyclic) bond motifs is 1. The van der Waals surface area contributed by atoms with Gasteiger partial charge in [-0.1, -0.05) is 23.7 Å². The van der Waals surface area contributed by atoms with Gasteiger partial charge in [0, 0.05) is 44.2 Å². The average molecular weight is 741 g/mol. The largest absolute Gasteiger partial charge is 0.508 e. The van der Waals surface area contributed by atoms with Gasteiger partial charge in [0.15, 0.2) is 5.78 Å². The molecule has 2 fully saturated rings. The Morgan fingerprint density at radius 1 is 0.725 bits per heavy atom. The van der Waals surface area contributed by atoms with Gasteiger partial charge in [0.1, 0.15) is 18.1 Å². The molecule has 0 unspecified atom stereocenters. The van der Waals surface area contributed by atoms with Crippen molar-refractivity contribution in [3.05, 3.63) is 82.4 Å². The third-order valence-electron chi connectivity index (χ3n) is 8.17. The first-order chi connectivity index (χ1) is 24.3. The zero-order valence-corrected chi connectivity index (χ0v) is 29.0. The van der Waals surface area contributed by atoms with Crippen LogP contribution in [0, 0.1) is 0 Å². The van der Waals surface area contributed by atoms with Gasteiger partial charge in [-0.3, -0.25) is 14.6 Å². The predicted octanol–water partition coefficient (Wildman–Crippen LogP) is 5.54. The third-order valence-corrected chi connectivity index (χ3v) is 9.72. The molecule has 3 aromatic carbocycles. The normalized spacial score (nSPS) is 14.2. The Morgan fingerprint density at radius 3 is 1.84 bits per heavy atom. The number of aliphatic carboxylic acids is 4. The van der Waals surface area contributed by atoms with Gasteiger partial charge in [-0.25, -0.2) is 19.2 Å². The summed E-state index contributed by atoms with van der Waals surface area (Å²) < 4.78 is 6.87. The van der Waals surface area contributed by atoms with Gasteiger partial charge >= 0.3 is 23.9 Å². The monoisotopic (exact) mass is 740 g/mol. The van der Waals surface area contributed by atoms with Gasteiger partial charge in [0.05, 0.1) is 0 Å². The van der Waals surface area contributed by atoms with Crippen molar-refractivity contribution in [1.29, 1.82) is 0 Å². The lowest BCUT2D eigenvalue weighted by Crippen LogP contribution is -2.25. The Balaban J connectivity index is 0.000000420. The van der Waals surface area contributed by atoms with Gasteiger partial charge in [0.25, 0.3) is 0 Å². The van der Waals surface area contributed by atoms with E-state index in [2.05, 4.69) is 9.80 Å². The maximum atomic E-state index is 14.0. The van der Waals surface area contributed by atoms with Crippen LogP contribution in [-0.2, 0) is 25.7 Å². The van der Waals surface area contributed by atoms with E-state index in [9.17, 15) is 9.90 Å². The summed E-state index contributed by atoms with van der Waals surface area (Å²) in [5.74, 6) is -6.35. The molecule has 5 N–H and O–H groups in total. The highest BCUT2D eigenvalue weighted by Gasteiger charge is 2.23. The SMILES string of the molecule is O=C(O)C(=O)O.O=C(O)C(=O)O.O=C(c1ccc(CN2CCCC2)c(Cl)c1)c1c(-c2ccc(OCCN3CCCC3)cc2)sc2cc(O)ccc12. The highest BCUT2D eigenvalue weighted by Crippen LogP contribution is 2.42. The fourth-order valence-electron chi connectivity index (χ4n) is 5.66. The van der Waals surface area contributed by atoms with Crippen LogP contribution in [-0.4, -0.2) is 104 Å². The van der Waals surface area contributed by atoms with Crippen LogP contribution in [0.4, 0.5) is 0 Å². The van der Waals surface area contributed by atoms with E-state index < -0.39 is 23.9 Å². The number of carbonyl (C=O) groups is 5. The molecule has 2 saturated heterocycles. The van der Waals surface area contributed by atoms with Crippen molar-refractivity contribution in [2.45, 2.75) is 32.2 Å². The van der Waals surface area contributed by atoms with Gasteiger partial charge in [-0.15, -0.1) is 11.3 Å². The summed E-state index contributed by atoms with van der Waals surface area (Å²) in [6.07, 6.45) is 5.00. The standard InChI is InChI=1S/C32H33ClN2O3S.2C2H2O4/c33-28-19-23(5-6-24(28)21-35-15-3-4-16-35)31(37)30-27-12-9-25(36)20-29(27)39-32(30)22-7-10-26(11-8-22)38-18-17-34-13-1-2-14-34;2*3-1(4)2(5)6/h5-12,19-20,36H,1-4,13-18,21H2;2*(H,3,4)(H,5,6). The second-order valence-electron chi connectivity index (χ2n) is 11.7. The molecule has 0 saturated carbocycles. The summed E-state index contributed by atoms with van der Waals surface area (Å²) in [6, 6.07) is 18.8. The molecule has 15 heteroatoms. The zero-order chi connectivity index (χ0) is 37.1. The number of nitrogens with zero attached hydrogens (tertiary/aromatic N) is 2. The quantitative estimate of drug-likeness (QED) is 0.106. The Hall–Kier alpha value is -5.02. The second kappa shape index (κ2) is 18.3. The first-order valence-corrected chi connectivity index (χ1v) is 17.2. The van der Waals surface area contributed by atoms with Crippen LogP contribution in [0.2, 0.25) is 5.02 Å². The number of ether oxygens (including phenoxy) is 1. The molecule has 1 aromatic heterocycles. The van der Waals surface area contributed by atoms with Crippen LogP contribution in [0.5, 0.6) is 11.5 Å². The number of hydrogen-bond donors (Lipinski definition) is 5. The molecule has 270 valence electrons. The number of carbonyl (C=O) groups excluding carboxylic acids is 1. The summed E-state index contributed by atoms with van der Waals surface area (Å²) in [5.41, 5.74) is 3.21. The van der Waals surface area contributed by atoms with Crippen molar-refractivity contribution in [1.82, 2.24) is 9.80 Å². The number of thiophene rings is 1. The molecule has 0 spiro atoms. The number of benzene rings is 3. The van der Waals surface area contributed by atoms with Crippen molar-refractivity contribution in [3.63, 3.8) is 0 Å². The van der Waals surface area contributed by atoms with Gasteiger partial charge in [-0.2, -0.15) is 0 Å². The van der Waals surface area contributed by atoms with E-state index in [1.54, 1.807) is 18.2 Å². The van der Waals surface area contributed by atoms with Crippen LogP contribution in [0.25, 0.3) is 20.5 Å². The highest BCUT2D eigenvalue weighted by molar-refractivity contribution is 7.22. The molecule has 0 bridgehead atoms. The minimum absolute atomic E-state index is 0.0671. The van der Waals surface area contributed by atoms with E-state index in [0.29, 0.717) is 22.8 Å². The van der Waals surface area contributed by atoms with Crippen LogP contribution < -0.4 is 4.74 Å². The number of carboxylic acids is 4. The van der Waals surface area contributed by atoms with E-state index in [-0.39, 0.29) is 11.5 Å². The van der Waals surface area contributed by atoms with Crippen molar-refractivity contribution < 1.29 is 54.2 Å². The fraction of sp³-hybridized carbons (Fsp3) is 0.306. The smallest absolute Gasteiger partial charge is 0.414 e. The topological polar surface area (TPSA) is 202 Å². The Morgan fingerprint density at radius 2 is 1.29 bits per heavy atom. The molecule has 51 heavy (non-hydrogen) atoms. The maximum Gasteiger partial charge on any atom is 0.414 e. The Kier molecular flexibility index (Phi) is 13.9. The molecule has 0 aliphatic carbocycles. The molecule has 3 heterocycles. The number of phenolic OH excluding ortho intramolecular Hbond substituents is 1. The van der Waals surface area contributed by atoms with E-state index >= 15 is 0 Å². The summed E-state index contributed by atoms with van der Waals surface area (Å²) in [6.45, 7) is 6.93. The first kappa shape index (κ1) is 38.8. The van der Waals surface area contributed by atoms with Crippen LogP contribution in [0.1, 0.15) is 47.2 Å². The first-order valence-electron chi connectivity index (χ1n) is 16.0. The van der Waals surface area contributed by atoms with Crippen LogP contribution >= 0.6 is 22.9 Å². The van der Waals surface area contributed by atoms with Gasteiger partial charge in [0.2, 0.25) is 0 Å². The molecule has 0 atom stereocenters. The number of ketones is 1. The third kappa shape index (κ3) is 11.0. The Bertz CT molecular complexity index is 1830. The number of rotatable bonds is 9. The molecular formula is C36H37ClN2O11S. The lowest BCUT2D eigenvalue weighted by molar-refractivity contribution is -0.159. The van der Waals surface area contributed by atoms with E-state index in [0.717, 1.165) is 71.1 Å². The molecule has 2 aliphatic rings. The second-order valence-corrected chi connectivity index (χ2v) is 13.2. The highest BCUT2D eigenvalue weighted by atomic mass is 35.5. The summed E-state index contributed by atoms with van der Waals surface area (Å²) >= 11 is 8.20. The minimum atomic E-state index is -1.82. The molecule has 0 radical (unpaired) electrons. The van der Waals surface area contributed by atoms with Crippen molar-refractivity contribution in [3.8, 4) is 21.9 Å². The Labute approximate surface area is 301 Å². The summed E-state index contributed by atoms with van der Waals surface area (Å²) in [4.78, 5) is 56.1.